The topological polar surface area (TPSA) is 68.7 Å². The van der Waals surface area contributed by atoms with Crippen molar-refractivity contribution in [1.82, 2.24) is 4.98 Å². The lowest BCUT2D eigenvalue weighted by Crippen LogP contribution is -2.05. The van der Waals surface area contributed by atoms with E-state index in [4.69, 9.17) is 14.6 Å². The molecule has 0 aliphatic carbocycles. The SMILES string of the molecule is COc1cncc(/C=C/CCOC(=O)CCCc2ccc(O)c(F)c2)c1. The molecule has 0 fully saturated rings. The number of aromatic nitrogens is 1. The van der Waals surface area contributed by atoms with Crippen LogP contribution in [0, 0.1) is 5.82 Å². The van der Waals surface area contributed by atoms with Gasteiger partial charge in [-0.05, 0) is 48.6 Å². The lowest BCUT2D eigenvalue weighted by Gasteiger charge is -2.04. The molecule has 0 aliphatic rings. The van der Waals surface area contributed by atoms with Crippen LogP contribution in [0.1, 0.15) is 30.4 Å². The van der Waals surface area contributed by atoms with Gasteiger partial charge in [-0.1, -0.05) is 18.2 Å². The molecule has 0 aliphatic heterocycles. The zero-order valence-corrected chi connectivity index (χ0v) is 14.7. The van der Waals surface area contributed by atoms with Crippen molar-refractivity contribution in [2.24, 2.45) is 0 Å². The Morgan fingerprint density at radius 3 is 2.92 bits per heavy atom. The third kappa shape index (κ3) is 6.55. The summed E-state index contributed by atoms with van der Waals surface area (Å²) in [7, 11) is 1.59. The fourth-order valence-corrected chi connectivity index (χ4v) is 2.31. The molecular weight excluding hydrogens is 337 g/mol. The van der Waals surface area contributed by atoms with Crippen LogP contribution in [0.3, 0.4) is 0 Å². The fraction of sp³-hybridized carbons (Fsp3) is 0.300. The average molecular weight is 359 g/mol. The second-order valence-corrected chi connectivity index (χ2v) is 5.71. The van der Waals surface area contributed by atoms with Crippen molar-refractivity contribution >= 4 is 12.0 Å². The van der Waals surface area contributed by atoms with Gasteiger partial charge in [0.25, 0.3) is 0 Å². The van der Waals surface area contributed by atoms with E-state index in [1.165, 1.54) is 12.1 Å². The molecule has 0 amide bonds. The smallest absolute Gasteiger partial charge is 0.305 e. The highest BCUT2D eigenvalue weighted by Gasteiger charge is 2.05. The first-order valence-electron chi connectivity index (χ1n) is 8.37. The predicted molar refractivity (Wildman–Crippen MR) is 96.4 cm³/mol. The molecule has 0 atom stereocenters. The molecule has 0 saturated carbocycles. The maximum absolute atomic E-state index is 13.2. The Bertz CT molecular complexity index is 761. The Morgan fingerprint density at radius 1 is 1.31 bits per heavy atom. The number of aryl methyl sites for hydroxylation is 1. The fourth-order valence-electron chi connectivity index (χ4n) is 2.31. The zero-order chi connectivity index (χ0) is 18.8. The van der Waals surface area contributed by atoms with Gasteiger partial charge in [0.05, 0.1) is 19.9 Å². The molecule has 1 aromatic heterocycles. The standard InChI is InChI=1S/C20H22FNO4/c1-25-17-11-16(13-22-14-17)5-2-3-10-26-20(24)7-4-6-15-8-9-19(23)18(21)12-15/h2,5,8-9,11-14,23H,3-4,6-7,10H2,1H3/b5-2+. The van der Waals surface area contributed by atoms with E-state index in [0.29, 0.717) is 31.6 Å². The summed E-state index contributed by atoms with van der Waals surface area (Å²) >= 11 is 0. The number of halogens is 1. The van der Waals surface area contributed by atoms with Crippen LogP contribution in [-0.4, -0.2) is 29.8 Å². The summed E-state index contributed by atoms with van der Waals surface area (Å²) in [5, 5.41) is 9.13. The maximum atomic E-state index is 13.2. The molecule has 1 aromatic carbocycles. The average Bonchev–Trinajstić information content (AvgIpc) is 2.64. The molecule has 138 valence electrons. The van der Waals surface area contributed by atoms with Crippen LogP contribution >= 0.6 is 0 Å². The predicted octanol–water partition coefficient (Wildman–Crippen LogP) is 3.90. The van der Waals surface area contributed by atoms with Crippen LogP contribution < -0.4 is 4.74 Å². The number of carbonyl (C=O) groups excluding carboxylic acids is 1. The molecule has 0 unspecified atom stereocenters. The molecule has 1 heterocycles. The highest BCUT2D eigenvalue weighted by atomic mass is 19.1. The highest BCUT2D eigenvalue weighted by Crippen LogP contribution is 2.17. The van der Waals surface area contributed by atoms with E-state index in [0.717, 1.165) is 11.1 Å². The van der Waals surface area contributed by atoms with E-state index in [9.17, 15) is 9.18 Å². The first-order valence-corrected chi connectivity index (χ1v) is 8.37. The summed E-state index contributed by atoms with van der Waals surface area (Å²) in [6.45, 7) is 0.306. The molecule has 5 nitrogen and oxygen atoms in total. The van der Waals surface area contributed by atoms with Crippen LogP contribution in [0.2, 0.25) is 0 Å². The van der Waals surface area contributed by atoms with Crippen molar-refractivity contribution in [1.29, 1.82) is 0 Å². The Hall–Kier alpha value is -2.89. The monoisotopic (exact) mass is 359 g/mol. The normalized spacial score (nSPS) is 10.8. The minimum atomic E-state index is -0.650. The Morgan fingerprint density at radius 2 is 2.15 bits per heavy atom. The molecule has 6 heteroatoms. The molecule has 0 bridgehead atoms. The van der Waals surface area contributed by atoms with E-state index in [1.807, 2.05) is 18.2 Å². The van der Waals surface area contributed by atoms with E-state index in [-0.39, 0.29) is 18.1 Å². The molecular formula is C20H22FNO4. The van der Waals surface area contributed by atoms with Crippen molar-refractivity contribution in [3.8, 4) is 11.5 Å². The van der Waals surface area contributed by atoms with Crippen LogP contribution in [0.25, 0.3) is 6.08 Å². The molecule has 0 saturated heterocycles. The number of hydrogen-bond acceptors (Lipinski definition) is 5. The summed E-state index contributed by atoms with van der Waals surface area (Å²) in [5.41, 5.74) is 1.65. The van der Waals surface area contributed by atoms with Gasteiger partial charge >= 0.3 is 5.97 Å². The number of hydrogen-bond donors (Lipinski definition) is 1. The van der Waals surface area contributed by atoms with Crippen molar-refractivity contribution in [2.75, 3.05) is 13.7 Å². The lowest BCUT2D eigenvalue weighted by atomic mass is 10.1. The first kappa shape index (κ1) is 19.4. The number of methoxy groups -OCH3 is 1. The Balaban J connectivity index is 1.62. The summed E-state index contributed by atoms with van der Waals surface area (Å²) in [4.78, 5) is 15.7. The van der Waals surface area contributed by atoms with Gasteiger partial charge in [-0.2, -0.15) is 0 Å². The number of phenolic OH excluding ortho intramolecular Hbond substituents is 1. The number of pyridine rings is 1. The number of aromatic hydroxyl groups is 1. The molecule has 1 N–H and O–H groups in total. The minimum absolute atomic E-state index is 0.270. The highest BCUT2D eigenvalue weighted by molar-refractivity contribution is 5.69. The van der Waals surface area contributed by atoms with Crippen molar-refractivity contribution in [2.45, 2.75) is 25.7 Å². The Labute approximate surface area is 152 Å². The molecule has 2 rings (SSSR count). The van der Waals surface area contributed by atoms with Gasteiger partial charge in [-0.15, -0.1) is 0 Å². The zero-order valence-electron chi connectivity index (χ0n) is 14.7. The number of esters is 1. The maximum Gasteiger partial charge on any atom is 0.305 e. The van der Waals surface area contributed by atoms with Crippen LogP contribution in [-0.2, 0) is 16.0 Å². The van der Waals surface area contributed by atoms with E-state index >= 15 is 0 Å². The van der Waals surface area contributed by atoms with Crippen LogP contribution in [0.4, 0.5) is 4.39 Å². The van der Waals surface area contributed by atoms with Crippen LogP contribution in [0.15, 0.2) is 42.7 Å². The van der Waals surface area contributed by atoms with Gasteiger partial charge < -0.3 is 14.6 Å². The van der Waals surface area contributed by atoms with Gasteiger partial charge in [-0.3, -0.25) is 9.78 Å². The van der Waals surface area contributed by atoms with E-state index < -0.39 is 5.82 Å². The lowest BCUT2D eigenvalue weighted by molar-refractivity contribution is -0.143. The number of phenols is 1. The van der Waals surface area contributed by atoms with Gasteiger partial charge in [0.15, 0.2) is 11.6 Å². The number of ether oxygens (including phenoxy) is 2. The van der Waals surface area contributed by atoms with Crippen LogP contribution in [0.5, 0.6) is 11.5 Å². The van der Waals surface area contributed by atoms with Gasteiger partial charge in [-0.25, -0.2) is 4.39 Å². The molecule has 2 aromatic rings. The molecule has 0 spiro atoms. The first-order chi connectivity index (χ1) is 12.6. The van der Waals surface area contributed by atoms with Crippen molar-refractivity contribution in [3.05, 3.63) is 59.7 Å². The number of rotatable bonds is 9. The third-order valence-electron chi connectivity index (χ3n) is 3.69. The number of nitrogens with zero attached hydrogens (tertiary/aromatic N) is 1. The largest absolute Gasteiger partial charge is 0.505 e. The molecule has 26 heavy (non-hydrogen) atoms. The number of carbonyl (C=O) groups is 1. The second-order valence-electron chi connectivity index (χ2n) is 5.71. The quantitative estimate of drug-likeness (QED) is 0.543. The van der Waals surface area contributed by atoms with Crippen molar-refractivity contribution < 1.29 is 23.8 Å². The van der Waals surface area contributed by atoms with Gasteiger partial charge in [0.1, 0.15) is 5.75 Å². The van der Waals surface area contributed by atoms with E-state index in [1.54, 1.807) is 25.6 Å². The Kier molecular flexibility index (Phi) is 7.61. The molecule has 0 radical (unpaired) electrons. The minimum Gasteiger partial charge on any atom is -0.505 e. The summed E-state index contributed by atoms with van der Waals surface area (Å²) in [6, 6.07) is 6.09. The summed E-state index contributed by atoms with van der Waals surface area (Å²) in [6.07, 6.45) is 9.13. The summed E-state index contributed by atoms with van der Waals surface area (Å²) in [5.74, 6) is -0.609. The second kappa shape index (κ2) is 10.2. The third-order valence-corrected chi connectivity index (χ3v) is 3.69. The number of benzene rings is 1. The van der Waals surface area contributed by atoms with Gasteiger partial charge in [0.2, 0.25) is 0 Å². The van der Waals surface area contributed by atoms with Crippen molar-refractivity contribution in [3.63, 3.8) is 0 Å². The summed E-state index contributed by atoms with van der Waals surface area (Å²) < 4.78 is 23.5. The van der Waals surface area contributed by atoms with Gasteiger partial charge in [0, 0.05) is 12.6 Å². The van der Waals surface area contributed by atoms with E-state index in [2.05, 4.69) is 4.98 Å².